The summed E-state index contributed by atoms with van der Waals surface area (Å²) >= 11 is 0. The molecule has 0 aliphatic rings. The topological polar surface area (TPSA) is 52.3 Å². The molecule has 0 spiro atoms. The second kappa shape index (κ2) is 16.1. The van der Waals surface area contributed by atoms with Crippen molar-refractivity contribution in [2.75, 3.05) is 6.61 Å². The van der Waals surface area contributed by atoms with Gasteiger partial charge in [0.25, 0.3) is 0 Å². The zero-order valence-electron chi connectivity index (χ0n) is 14.2. The third-order valence-electron chi connectivity index (χ3n) is 3.11. The van der Waals surface area contributed by atoms with E-state index >= 15 is 0 Å². The van der Waals surface area contributed by atoms with Gasteiger partial charge in [0.2, 0.25) is 0 Å². The molecule has 2 N–H and O–H groups in total. The van der Waals surface area contributed by atoms with E-state index in [-0.39, 0.29) is 26.3 Å². The van der Waals surface area contributed by atoms with Crippen LogP contribution in [-0.4, -0.2) is 18.6 Å². The molecule has 0 saturated heterocycles. The SMILES string of the molecule is CCCCCCCCCCCCOC(=O)[C@H](C)N.[H-].[Li+]. The third-order valence-corrected chi connectivity index (χ3v) is 3.11. The minimum Gasteiger partial charge on any atom is -1.00 e. The van der Waals surface area contributed by atoms with E-state index < -0.39 is 6.04 Å². The van der Waals surface area contributed by atoms with Crippen LogP contribution in [0.1, 0.15) is 79.5 Å². The van der Waals surface area contributed by atoms with E-state index in [0.717, 1.165) is 12.8 Å². The Kier molecular flexibility index (Phi) is 18.1. The van der Waals surface area contributed by atoms with Crippen LogP contribution in [-0.2, 0) is 9.53 Å². The molecule has 1 atom stereocenters. The summed E-state index contributed by atoms with van der Waals surface area (Å²) < 4.78 is 5.01. The van der Waals surface area contributed by atoms with Crippen molar-refractivity contribution in [1.82, 2.24) is 0 Å². The number of carbonyl (C=O) groups excluding carboxylic acids is 1. The normalized spacial score (nSPS) is 11.7. The fourth-order valence-corrected chi connectivity index (χ4v) is 1.89. The second-order valence-corrected chi connectivity index (χ2v) is 5.14. The molecular formula is C15H32LiNO2. The van der Waals surface area contributed by atoms with E-state index in [9.17, 15) is 4.79 Å². The van der Waals surface area contributed by atoms with Gasteiger partial charge in [-0.1, -0.05) is 64.7 Å². The number of unbranched alkanes of at least 4 members (excludes halogenated alkanes) is 9. The number of nitrogens with two attached hydrogens (primary N) is 1. The van der Waals surface area contributed by atoms with E-state index in [4.69, 9.17) is 10.5 Å². The molecular weight excluding hydrogens is 233 g/mol. The molecule has 0 saturated carbocycles. The average molecular weight is 265 g/mol. The van der Waals surface area contributed by atoms with Crippen LogP contribution in [0.4, 0.5) is 0 Å². The van der Waals surface area contributed by atoms with Gasteiger partial charge in [-0.25, -0.2) is 0 Å². The van der Waals surface area contributed by atoms with Gasteiger partial charge in [0, 0.05) is 0 Å². The molecule has 19 heavy (non-hydrogen) atoms. The van der Waals surface area contributed by atoms with Gasteiger partial charge in [-0.05, 0) is 13.3 Å². The van der Waals surface area contributed by atoms with Gasteiger partial charge in [0.05, 0.1) is 6.61 Å². The van der Waals surface area contributed by atoms with Crippen molar-refractivity contribution < 1.29 is 29.8 Å². The predicted molar refractivity (Wildman–Crippen MR) is 77.6 cm³/mol. The smallest absolute Gasteiger partial charge is 1.00 e. The first kappa shape index (κ1) is 21.3. The largest absolute Gasteiger partial charge is 1.00 e. The maximum Gasteiger partial charge on any atom is 1.00 e. The molecule has 4 heteroatoms. The van der Waals surface area contributed by atoms with Gasteiger partial charge >= 0.3 is 24.8 Å². The summed E-state index contributed by atoms with van der Waals surface area (Å²) in [5.74, 6) is -0.286. The quantitative estimate of drug-likeness (QED) is 0.324. The van der Waals surface area contributed by atoms with E-state index in [0.29, 0.717) is 6.61 Å². The summed E-state index contributed by atoms with van der Waals surface area (Å²) in [5.41, 5.74) is 5.39. The van der Waals surface area contributed by atoms with Crippen molar-refractivity contribution in [1.29, 1.82) is 0 Å². The molecule has 0 heterocycles. The summed E-state index contributed by atoms with van der Waals surface area (Å²) in [6.45, 7) is 4.43. The number of carbonyl (C=O) groups is 1. The van der Waals surface area contributed by atoms with Crippen LogP contribution in [0.15, 0.2) is 0 Å². The molecule has 3 nitrogen and oxygen atoms in total. The minimum absolute atomic E-state index is 0. The summed E-state index contributed by atoms with van der Waals surface area (Å²) in [6, 6.07) is -0.492. The van der Waals surface area contributed by atoms with Crippen LogP contribution in [0.25, 0.3) is 0 Å². The number of hydrogen-bond donors (Lipinski definition) is 1. The Hall–Kier alpha value is 0.0274. The Labute approximate surface area is 132 Å². The van der Waals surface area contributed by atoms with Gasteiger partial charge in [-0.15, -0.1) is 0 Å². The van der Waals surface area contributed by atoms with Gasteiger partial charge in [-0.2, -0.15) is 0 Å². The first-order valence-corrected chi connectivity index (χ1v) is 7.60. The van der Waals surface area contributed by atoms with Crippen LogP contribution >= 0.6 is 0 Å². The molecule has 0 fully saturated rings. The Morgan fingerprint density at radius 1 is 1.00 bits per heavy atom. The zero-order chi connectivity index (χ0) is 13.6. The first-order valence-electron chi connectivity index (χ1n) is 7.60. The standard InChI is InChI=1S/C15H31NO2.Li.H/c1-3-4-5-6-7-8-9-10-11-12-13-18-15(17)14(2)16;;/h14H,3-13,16H2,1-2H3;;/q;+1;-1/t14-;;/m0../s1. The van der Waals surface area contributed by atoms with Crippen LogP contribution in [0.5, 0.6) is 0 Å². The summed E-state index contributed by atoms with van der Waals surface area (Å²) in [6.07, 6.45) is 12.9. The molecule has 0 aliphatic carbocycles. The second-order valence-electron chi connectivity index (χ2n) is 5.14. The molecule has 0 rings (SSSR count). The van der Waals surface area contributed by atoms with Crippen molar-refractivity contribution in [2.24, 2.45) is 5.73 Å². The summed E-state index contributed by atoms with van der Waals surface area (Å²) in [5, 5.41) is 0. The van der Waals surface area contributed by atoms with Gasteiger partial charge in [0.15, 0.2) is 0 Å². The van der Waals surface area contributed by atoms with Crippen LogP contribution in [0.2, 0.25) is 0 Å². The van der Waals surface area contributed by atoms with Crippen molar-refractivity contribution in [3.8, 4) is 0 Å². The molecule has 0 unspecified atom stereocenters. The molecule has 0 bridgehead atoms. The van der Waals surface area contributed by atoms with E-state index in [1.54, 1.807) is 6.92 Å². The van der Waals surface area contributed by atoms with E-state index in [1.807, 2.05) is 0 Å². The monoisotopic (exact) mass is 265 g/mol. The Balaban J connectivity index is -0.00000144. The fraction of sp³-hybridized carbons (Fsp3) is 0.933. The van der Waals surface area contributed by atoms with Gasteiger partial charge in [0.1, 0.15) is 6.04 Å². The number of hydrogen-bond acceptors (Lipinski definition) is 3. The fourth-order valence-electron chi connectivity index (χ4n) is 1.89. The number of esters is 1. The minimum atomic E-state index is -0.492. The molecule has 0 aromatic heterocycles. The van der Waals surface area contributed by atoms with Crippen molar-refractivity contribution in [3.63, 3.8) is 0 Å². The maximum absolute atomic E-state index is 11.1. The molecule has 0 radical (unpaired) electrons. The Morgan fingerprint density at radius 2 is 1.42 bits per heavy atom. The molecule has 110 valence electrons. The van der Waals surface area contributed by atoms with Crippen molar-refractivity contribution >= 4 is 5.97 Å². The predicted octanol–water partition coefficient (Wildman–Crippen LogP) is 0.914. The van der Waals surface area contributed by atoms with Crippen LogP contribution in [0, 0.1) is 0 Å². The molecule has 0 aromatic carbocycles. The van der Waals surface area contributed by atoms with Gasteiger partial charge in [-0.3, -0.25) is 4.79 Å². The van der Waals surface area contributed by atoms with Crippen molar-refractivity contribution in [2.45, 2.75) is 84.1 Å². The third kappa shape index (κ3) is 16.0. The maximum atomic E-state index is 11.1. The molecule has 0 aliphatic heterocycles. The number of rotatable bonds is 12. The summed E-state index contributed by atoms with van der Waals surface area (Å²) in [4.78, 5) is 11.1. The Morgan fingerprint density at radius 3 is 1.84 bits per heavy atom. The van der Waals surface area contributed by atoms with Crippen LogP contribution in [0.3, 0.4) is 0 Å². The molecule has 0 amide bonds. The van der Waals surface area contributed by atoms with Crippen LogP contribution < -0.4 is 24.6 Å². The molecule has 0 aromatic rings. The van der Waals surface area contributed by atoms with E-state index in [2.05, 4.69) is 6.92 Å². The van der Waals surface area contributed by atoms with Crippen molar-refractivity contribution in [3.05, 3.63) is 0 Å². The number of ether oxygens (including phenoxy) is 1. The summed E-state index contributed by atoms with van der Waals surface area (Å²) in [7, 11) is 0. The average Bonchev–Trinajstić information content (AvgIpc) is 2.35. The first-order chi connectivity index (χ1) is 8.68. The van der Waals surface area contributed by atoms with E-state index in [1.165, 1.54) is 51.4 Å². The van der Waals surface area contributed by atoms with Gasteiger partial charge < -0.3 is 11.9 Å². The Bertz CT molecular complexity index is 204. The zero-order valence-corrected chi connectivity index (χ0v) is 13.2.